The summed E-state index contributed by atoms with van der Waals surface area (Å²) in [5.74, 6) is -1.84. The van der Waals surface area contributed by atoms with Crippen LogP contribution in [-0.4, -0.2) is 101 Å². The van der Waals surface area contributed by atoms with Gasteiger partial charge in [0, 0.05) is 61.6 Å². The first-order valence-corrected chi connectivity index (χ1v) is 13.9. The molecule has 0 unspecified atom stereocenters. The number of likely N-dealkylation sites (tertiary alicyclic amines) is 1. The van der Waals surface area contributed by atoms with Crippen molar-refractivity contribution in [2.24, 2.45) is 5.41 Å². The van der Waals surface area contributed by atoms with Gasteiger partial charge in [0.15, 0.2) is 0 Å². The molecule has 0 bridgehead atoms. The highest BCUT2D eigenvalue weighted by Gasteiger charge is 2.56. The molecule has 1 atom stereocenters. The number of nitrogens with zero attached hydrogens (tertiary/aromatic N) is 5. The van der Waals surface area contributed by atoms with E-state index in [-0.39, 0.29) is 52.4 Å². The quantitative estimate of drug-likeness (QED) is 0.342. The van der Waals surface area contributed by atoms with Crippen LogP contribution in [0.5, 0.6) is 0 Å². The van der Waals surface area contributed by atoms with Crippen LogP contribution in [-0.2, 0) is 4.79 Å². The fraction of sp³-hybridized carbons (Fsp3) is 0.462. The highest BCUT2D eigenvalue weighted by atomic mass is 79.9. The average Bonchev–Trinajstić information content (AvgIpc) is 3.63. The SMILES string of the molecule is CNc1cncc(C(=O)N2C[C@H](Nc3c(C(=O)N4CCN(CC(F)(F)F)C(=O)C4)cc(Br)cc3[N+](=O)[O-])C3(CC3)C2)c1. The van der Waals surface area contributed by atoms with Gasteiger partial charge in [-0.2, -0.15) is 13.2 Å². The number of piperazine rings is 1. The van der Waals surface area contributed by atoms with Crippen molar-refractivity contribution >= 4 is 50.7 Å². The minimum Gasteiger partial charge on any atom is -0.387 e. The Labute approximate surface area is 246 Å². The van der Waals surface area contributed by atoms with Crippen molar-refractivity contribution < 1.29 is 32.5 Å². The van der Waals surface area contributed by atoms with E-state index in [0.29, 0.717) is 22.7 Å². The number of hydrogen-bond acceptors (Lipinski definition) is 8. The summed E-state index contributed by atoms with van der Waals surface area (Å²) in [4.78, 5) is 58.3. The van der Waals surface area contributed by atoms with Crippen molar-refractivity contribution in [1.82, 2.24) is 19.7 Å². The van der Waals surface area contributed by atoms with Gasteiger partial charge in [-0.05, 0) is 25.0 Å². The molecule has 1 spiro atoms. The van der Waals surface area contributed by atoms with Gasteiger partial charge in [0.05, 0.1) is 27.8 Å². The fourth-order valence-electron chi connectivity index (χ4n) is 5.53. The van der Waals surface area contributed by atoms with E-state index in [1.807, 2.05) is 0 Å². The molecule has 3 amide bonds. The summed E-state index contributed by atoms with van der Waals surface area (Å²) in [6.07, 6.45) is 0.0163. The van der Waals surface area contributed by atoms with Crippen LogP contribution in [0.3, 0.4) is 0 Å². The summed E-state index contributed by atoms with van der Waals surface area (Å²) in [6.45, 7) is -1.87. The zero-order chi connectivity index (χ0) is 30.4. The molecule has 2 saturated heterocycles. The van der Waals surface area contributed by atoms with Gasteiger partial charge in [-0.3, -0.25) is 29.5 Å². The number of rotatable bonds is 7. The standard InChI is InChI=1S/C26H27BrF3N7O5/c1-31-17-6-15(9-32-10-17)23(39)36-11-20(25(13-36)2-3-25)33-22-18(7-16(27)8-19(22)37(41)42)24(40)34-4-5-35(21(38)12-34)14-26(28,29)30/h6-10,20,31,33H,2-5,11-14H2,1H3/t20-/m0/s1. The molecule has 0 radical (unpaired) electrons. The van der Waals surface area contributed by atoms with E-state index < -0.39 is 42.0 Å². The van der Waals surface area contributed by atoms with Crippen LogP contribution < -0.4 is 10.6 Å². The average molecular weight is 654 g/mol. The maximum atomic E-state index is 13.6. The van der Waals surface area contributed by atoms with E-state index in [2.05, 4.69) is 31.5 Å². The zero-order valence-electron chi connectivity index (χ0n) is 22.4. The first kappa shape index (κ1) is 29.5. The molecule has 2 N–H and O–H groups in total. The number of nitro benzene ring substituents is 1. The monoisotopic (exact) mass is 653 g/mol. The molecular formula is C26H27BrF3N7O5. The summed E-state index contributed by atoms with van der Waals surface area (Å²) < 4.78 is 38.8. The topological polar surface area (TPSA) is 141 Å². The van der Waals surface area contributed by atoms with Gasteiger partial charge in [0.2, 0.25) is 5.91 Å². The van der Waals surface area contributed by atoms with E-state index in [1.165, 1.54) is 18.3 Å². The van der Waals surface area contributed by atoms with E-state index in [4.69, 9.17) is 0 Å². The van der Waals surface area contributed by atoms with Gasteiger partial charge < -0.3 is 25.3 Å². The Morgan fingerprint density at radius 2 is 1.90 bits per heavy atom. The molecule has 2 aliphatic heterocycles. The molecule has 1 aliphatic carbocycles. The first-order valence-electron chi connectivity index (χ1n) is 13.1. The third-order valence-electron chi connectivity index (χ3n) is 7.91. The third-order valence-corrected chi connectivity index (χ3v) is 8.36. The summed E-state index contributed by atoms with van der Waals surface area (Å²) >= 11 is 3.21. The Bertz CT molecular complexity index is 1450. The van der Waals surface area contributed by atoms with Crippen LogP contribution in [0.25, 0.3) is 0 Å². The Hall–Kier alpha value is -3.95. The van der Waals surface area contributed by atoms with Gasteiger partial charge in [0.1, 0.15) is 18.8 Å². The number of alkyl halides is 3. The van der Waals surface area contributed by atoms with Crippen LogP contribution in [0.15, 0.2) is 35.1 Å². The van der Waals surface area contributed by atoms with E-state index >= 15 is 0 Å². The van der Waals surface area contributed by atoms with Crippen molar-refractivity contribution in [1.29, 1.82) is 0 Å². The Morgan fingerprint density at radius 1 is 1.17 bits per heavy atom. The molecular weight excluding hydrogens is 627 g/mol. The van der Waals surface area contributed by atoms with Crippen LogP contribution >= 0.6 is 15.9 Å². The second-order valence-corrected chi connectivity index (χ2v) is 11.6. The first-order chi connectivity index (χ1) is 19.8. The van der Waals surface area contributed by atoms with Crippen molar-refractivity contribution in [2.45, 2.75) is 25.1 Å². The molecule has 3 fully saturated rings. The van der Waals surface area contributed by atoms with Gasteiger partial charge >= 0.3 is 6.18 Å². The summed E-state index contributed by atoms with van der Waals surface area (Å²) in [7, 11) is 1.71. The number of nitro groups is 1. The second kappa shape index (κ2) is 11.0. The lowest BCUT2D eigenvalue weighted by molar-refractivity contribution is -0.384. The minimum atomic E-state index is -4.58. The van der Waals surface area contributed by atoms with E-state index in [1.54, 1.807) is 24.2 Å². The number of amides is 3. The molecule has 3 aliphatic rings. The molecule has 3 heterocycles. The maximum absolute atomic E-state index is 13.6. The summed E-state index contributed by atoms with van der Waals surface area (Å²) in [5, 5.41) is 18.2. The number of halogens is 4. The Kier molecular flexibility index (Phi) is 7.76. The number of hydrogen-bond donors (Lipinski definition) is 2. The minimum absolute atomic E-state index is 0.0669. The fourth-order valence-corrected chi connectivity index (χ4v) is 5.98. The lowest BCUT2D eigenvalue weighted by Gasteiger charge is -2.35. The van der Waals surface area contributed by atoms with Crippen molar-refractivity contribution in [2.75, 3.05) is 56.9 Å². The number of aromatic nitrogens is 1. The molecule has 12 nitrogen and oxygen atoms in total. The molecule has 1 saturated carbocycles. The number of anilines is 2. The van der Waals surface area contributed by atoms with Crippen LogP contribution in [0.4, 0.5) is 30.2 Å². The lowest BCUT2D eigenvalue weighted by atomic mass is 9.99. The van der Waals surface area contributed by atoms with Crippen molar-refractivity contribution in [3.63, 3.8) is 0 Å². The van der Waals surface area contributed by atoms with Gasteiger partial charge in [0.25, 0.3) is 17.5 Å². The largest absolute Gasteiger partial charge is 0.406 e. The highest BCUT2D eigenvalue weighted by molar-refractivity contribution is 9.10. The second-order valence-electron chi connectivity index (χ2n) is 10.7. The molecule has 224 valence electrons. The highest BCUT2D eigenvalue weighted by Crippen LogP contribution is 2.54. The number of pyridine rings is 1. The number of benzene rings is 1. The zero-order valence-corrected chi connectivity index (χ0v) is 24.0. The number of carbonyl (C=O) groups is 3. The third kappa shape index (κ3) is 5.98. The smallest absolute Gasteiger partial charge is 0.387 e. The molecule has 1 aromatic heterocycles. The lowest BCUT2D eigenvalue weighted by Crippen LogP contribution is -2.54. The Morgan fingerprint density at radius 3 is 2.52 bits per heavy atom. The van der Waals surface area contributed by atoms with Crippen molar-refractivity contribution in [3.05, 3.63) is 56.3 Å². The molecule has 2 aromatic rings. The number of carbonyl (C=O) groups excluding carboxylic acids is 3. The van der Waals surface area contributed by atoms with E-state index in [0.717, 1.165) is 17.7 Å². The molecule has 5 rings (SSSR count). The maximum Gasteiger partial charge on any atom is 0.406 e. The van der Waals surface area contributed by atoms with E-state index in [9.17, 15) is 37.7 Å². The Balaban J connectivity index is 1.40. The molecule has 42 heavy (non-hydrogen) atoms. The van der Waals surface area contributed by atoms with Gasteiger partial charge in [-0.15, -0.1) is 0 Å². The molecule has 1 aromatic carbocycles. The summed E-state index contributed by atoms with van der Waals surface area (Å²) in [6, 6.07) is 3.90. The van der Waals surface area contributed by atoms with Crippen LogP contribution in [0, 0.1) is 15.5 Å². The normalized spacial score (nSPS) is 19.7. The predicted octanol–water partition coefficient (Wildman–Crippen LogP) is 3.36. The predicted molar refractivity (Wildman–Crippen MR) is 148 cm³/mol. The molecule has 16 heteroatoms. The van der Waals surface area contributed by atoms with Crippen molar-refractivity contribution in [3.8, 4) is 0 Å². The van der Waals surface area contributed by atoms with Gasteiger partial charge in [-0.25, -0.2) is 0 Å². The summed E-state index contributed by atoms with van der Waals surface area (Å²) in [5.41, 5.74) is 0.161. The van der Waals surface area contributed by atoms with Gasteiger partial charge in [-0.1, -0.05) is 15.9 Å². The van der Waals surface area contributed by atoms with Crippen LogP contribution in [0.1, 0.15) is 33.6 Å². The number of nitrogens with one attached hydrogen (secondary N) is 2. The van der Waals surface area contributed by atoms with Crippen LogP contribution in [0.2, 0.25) is 0 Å².